The van der Waals surface area contributed by atoms with Crippen LogP contribution in [-0.4, -0.2) is 48.1 Å². The van der Waals surface area contributed by atoms with Crippen molar-refractivity contribution in [2.45, 2.75) is 16.7 Å². The van der Waals surface area contributed by atoms with Crippen molar-refractivity contribution in [3.05, 3.63) is 47.4 Å². The molecule has 0 spiro atoms. The summed E-state index contributed by atoms with van der Waals surface area (Å²) in [5.41, 5.74) is 0.203. The molecular weight excluding hydrogens is 372 g/mol. The highest BCUT2D eigenvalue weighted by molar-refractivity contribution is 7.98. The highest BCUT2D eigenvalue weighted by atomic mass is 32.2. The average Bonchev–Trinajstić information content (AvgIpc) is 2.93. The molecule has 0 aromatic carbocycles. The summed E-state index contributed by atoms with van der Waals surface area (Å²) in [6.45, 7) is 3.98. The summed E-state index contributed by atoms with van der Waals surface area (Å²) < 4.78 is 19.6. The Hall–Kier alpha value is -2.46. The quantitative estimate of drug-likeness (QED) is 0.375. The van der Waals surface area contributed by atoms with Crippen molar-refractivity contribution in [2.24, 2.45) is 4.36 Å². The first-order valence-electron chi connectivity index (χ1n) is 7.64. The third kappa shape index (κ3) is 3.06. The van der Waals surface area contributed by atoms with Crippen LogP contribution in [0.15, 0.2) is 56.4 Å². The predicted octanol–water partition coefficient (Wildman–Crippen LogP) is 1.97. The van der Waals surface area contributed by atoms with Crippen LogP contribution in [-0.2, 0) is 16.3 Å². The van der Waals surface area contributed by atoms with Gasteiger partial charge in [-0.05, 0) is 18.4 Å². The molecule has 0 aliphatic carbocycles. The van der Waals surface area contributed by atoms with E-state index in [1.165, 1.54) is 35.9 Å². The second-order valence-corrected chi connectivity index (χ2v) is 8.56. The lowest BCUT2D eigenvalue weighted by Crippen LogP contribution is -2.22. The van der Waals surface area contributed by atoms with Crippen molar-refractivity contribution in [3.8, 4) is 5.82 Å². The number of aromatic nitrogens is 5. The summed E-state index contributed by atoms with van der Waals surface area (Å²) in [5, 5.41) is 1.27. The van der Waals surface area contributed by atoms with Crippen molar-refractivity contribution in [3.63, 3.8) is 0 Å². The lowest BCUT2D eigenvalue weighted by Gasteiger charge is -2.11. The zero-order valence-corrected chi connectivity index (χ0v) is 16.3. The van der Waals surface area contributed by atoms with Gasteiger partial charge in [0.25, 0.3) is 5.56 Å². The van der Waals surface area contributed by atoms with Crippen molar-refractivity contribution in [2.75, 3.05) is 19.6 Å². The van der Waals surface area contributed by atoms with E-state index in [1.807, 2.05) is 6.26 Å². The van der Waals surface area contributed by atoms with Gasteiger partial charge in [0, 0.05) is 19.5 Å². The minimum absolute atomic E-state index is 0.239. The first-order chi connectivity index (χ1) is 12.4. The number of thioether (sulfide) groups is 1. The Balaban J connectivity index is 2.39. The van der Waals surface area contributed by atoms with Crippen molar-refractivity contribution >= 4 is 32.5 Å². The van der Waals surface area contributed by atoms with E-state index >= 15 is 0 Å². The largest absolute Gasteiger partial charge is 0.278 e. The first-order valence-corrected chi connectivity index (χ1v) is 10.8. The molecule has 1 atom stereocenters. The molecule has 8 nitrogen and oxygen atoms in total. The third-order valence-corrected chi connectivity index (χ3v) is 6.06. The fourth-order valence-corrected chi connectivity index (χ4v) is 3.57. The van der Waals surface area contributed by atoms with Gasteiger partial charge in [-0.1, -0.05) is 23.9 Å². The van der Waals surface area contributed by atoms with Gasteiger partial charge >= 0.3 is 0 Å². The number of rotatable bonds is 5. The van der Waals surface area contributed by atoms with E-state index in [0.717, 1.165) is 0 Å². The van der Waals surface area contributed by atoms with Crippen molar-refractivity contribution in [1.29, 1.82) is 0 Å². The van der Waals surface area contributed by atoms with E-state index < -0.39 is 9.73 Å². The minimum atomic E-state index is -2.61. The van der Waals surface area contributed by atoms with E-state index in [0.29, 0.717) is 27.0 Å². The molecule has 10 heteroatoms. The maximum atomic E-state index is 12.8. The Morgan fingerprint density at radius 1 is 1.38 bits per heavy atom. The zero-order valence-electron chi connectivity index (χ0n) is 14.6. The summed E-state index contributed by atoms with van der Waals surface area (Å²) in [4.78, 5) is 25.9. The molecule has 3 rings (SSSR count). The topological polar surface area (TPSA) is 95.0 Å². The molecule has 0 aliphatic rings. The summed E-state index contributed by atoms with van der Waals surface area (Å²) in [7, 11) is -1.11. The van der Waals surface area contributed by atoms with Crippen LogP contribution in [0.5, 0.6) is 0 Å². The second kappa shape index (κ2) is 7.04. The number of hydrogen-bond acceptors (Lipinski definition) is 7. The van der Waals surface area contributed by atoms with E-state index in [2.05, 4.69) is 25.9 Å². The van der Waals surface area contributed by atoms with E-state index in [-0.39, 0.29) is 12.1 Å². The lowest BCUT2D eigenvalue weighted by atomic mass is 10.4. The molecular formula is C16H18N6O2S2. The molecule has 0 fully saturated rings. The lowest BCUT2D eigenvalue weighted by molar-refractivity contribution is 0.592. The number of allylic oxidation sites excluding steroid dienone is 1. The van der Waals surface area contributed by atoms with Crippen LogP contribution in [0.1, 0.15) is 0 Å². The van der Waals surface area contributed by atoms with Gasteiger partial charge in [-0.2, -0.15) is 0 Å². The van der Waals surface area contributed by atoms with Gasteiger partial charge in [0.2, 0.25) is 0 Å². The molecule has 0 radical (unpaired) electrons. The Labute approximate surface area is 155 Å². The Kier molecular flexibility index (Phi) is 4.97. The fraction of sp³-hybridized carbons (Fsp3) is 0.250. The van der Waals surface area contributed by atoms with Gasteiger partial charge in [0.15, 0.2) is 16.6 Å². The predicted molar refractivity (Wildman–Crippen MR) is 104 cm³/mol. The van der Waals surface area contributed by atoms with Crippen LogP contribution in [0.2, 0.25) is 0 Å². The van der Waals surface area contributed by atoms with Gasteiger partial charge < -0.3 is 0 Å². The molecule has 0 bridgehead atoms. The minimum Gasteiger partial charge on any atom is -0.267 e. The van der Waals surface area contributed by atoms with E-state index in [9.17, 15) is 9.00 Å². The monoisotopic (exact) mass is 390 g/mol. The molecule has 3 aromatic rings. The van der Waals surface area contributed by atoms with Crippen LogP contribution in [0.3, 0.4) is 0 Å². The standard InChI is InChI=1S/C16H18N6O2S2/c1-5-9-21-15(23)11-10-18-16(25-3)20-14(11)22(21)12-7-6-8-13(19-12)26(4,24)17-2/h5-8,10H,1,9H2,2-4H3. The molecule has 1 unspecified atom stereocenters. The zero-order chi connectivity index (χ0) is 18.9. The molecule has 0 saturated carbocycles. The second-order valence-electron chi connectivity index (χ2n) is 5.40. The Morgan fingerprint density at radius 3 is 2.81 bits per heavy atom. The number of fused-ring (bicyclic) bond motifs is 1. The molecule has 26 heavy (non-hydrogen) atoms. The summed E-state index contributed by atoms with van der Waals surface area (Å²) in [5.74, 6) is 0.431. The first kappa shape index (κ1) is 18.3. The van der Waals surface area contributed by atoms with Gasteiger partial charge in [0.05, 0.1) is 16.3 Å². The van der Waals surface area contributed by atoms with E-state index in [1.54, 1.807) is 29.0 Å². The summed E-state index contributed by atoms with van der Waals surface area (Å²) in [6.07, 6.45) is 6.52. The molecule has 3 heterocycles. The molecule has 3 aromatic heterocycles. The molecule has 0 aliphatic heterocycles. The SMILES string of the molecule is C=CCn1c(=O)c2cnc(SC)nc2n1-c1cccc(S(C)(=O)=NC)n1. The Bertz CT molecular complexity index is 1170. The van der Waals surface area contributed by atoms with E-state index in [4.69, 9.17) is 0 Å². The summed E-state index contributed by atoms with van der Waals surface area (Å²) in [6, 6.07) is 5.12. The van der Waals surface area contributed by atoms with Crippen LogP contribution in [0.25, 0.3) is 16.9 Å². The van der Waals surface area contributed by atoms with Crippen molar-refractivity contribution in [1.82, 2.24) is 24.3 Å². The number of hydrogen-bond donors (Lipinski definition) is 0. The average molecular weight is 390 g/mol. The maximum absolute atomic E-state index is 12.8. The highest BCUT2D eigenvalue weighted by Gasteiger charge is 2.18. The normalized spacial score (nSPS) is 13.5. The van der Waals surface area contributed by atoms with Gasteiger partial charge in [-0.3, -0.25) is 4.79 Å². The van der Waals surface area contributed by atoms with Crippen molar-refractivity contribution < 1.29 is 4.21 Å². The highest BCUT2D eigenvalue weighted by Crippen LogP contribution is 2.18. The molecule has 0 saturated heterocycles. The van der Waals surface area contributed by atoms with Crippen LogP contribution in [0, 0.1) is 0 Å². The number of nitrogens with zero attached hydrogens (tertiary/aromatic N) is 6. The molecule has 0 N–H and O–H groups in total. The summed E-state index contributed by atoms with van der Waals surface area (Å²) >= 11 is 1.38. The Morgan fingerprint density at radius 2 is 2.15 bits per heavy atom. The van der Waals surface area contributed by atoms with Crippen LogP contribution in [0.4, 0.5) is 0 Å². The third-order valence-electron chi connectivity index (χ3n) is 3.80. The molecule has 136 valence electrons. The van der Waals surface area contributed by atoms with Gasteiger partial charge in [0.1, 0.15) is 10.4 Å². The maximum Gasteiger partial charge on any atom is 0.278 e. The van der Waals surface area contributed by atoms with Crippen LogP contribution < -0.4 is 5.56 Å². The number of pyridine rings is 1. The van der Waals surface area contributed by atoms with Gasteiger partial charge in [-0.15, -0.1) is 6.58 Å². The smallest absolute Gasteiger partial charge is 0.267 e. The van der Waals surface area contributed by atoms with Crippen LogP contribution >= 0.6 is 11.8 Å². The van der Waals surface area contributed by atoms with Gasteiger partial charge in [-0.25, -0.2) is 32.9 Å². The molecule has 0 amide bonds. The fourth-order valence-electron chi connectivity index (χ4n) is 2.46.